The van der Waals surface area contributed by atoms with Gasteiger partial charge in [-0.25, -0.2) is 9.97 Å². The van der Waals surface area contributed by atoms with Crippen molar-refractivity contribution in [1.82, 2.24) is 30.0 Å². The molecular formula is C28H28N8O2. The zero-order valence-electron chi connectivity index (χ0n) is 20.8. The summed E-state index contributed by atoms with van der Waals surface area (Å²) in [5.74, 6) is 0.257. The van der Waals surface area contributed by atoms with Crippen molar-refractivity contribution in [3.05, 3.63) is 89.9 Å². The molecule has 1 fully saturated rings. The maximum absolute atomic E-state index is 13.2. The third kappa shape index (κ3) is 5.26. The van der Waals surface area contributed by atoms with E-state index in [2.05, 4.69) is 47.8 Å². The van der Waals surface area contributed by atoms with E-state index >= 15 is 0 Å². The molecule has 1 aliphatic rings. The molecule has 192 valence electrons. The van der Waals surface area contributed by atoms with Crippen LogP contribution in [-0.4, -0.2) is 62.3 Å². The van der Waals surface area contributed by atoms with Crippen LogP contribution in [0.1, 0.15) is 21.6 Å². The first kappa shape index (κ1) is 23.8. The van der Waals surface area contributed by atoms with Crippen LogP contribution >= 0.6 is 0 Å². The highest BCUT2D eigenvalue weighted by Crippen LogP contribution is 2.27. The van der Waals surface area contributed by atoms with Crippen LogP contribution in [0.15, 0.2) is 73.1 Å². The molecule has 4 N–H and O–H groups in total. The minimum absolute atomic E-state index is 0.299. The summed E-state index contributed by atoms with van der Waals surface area (Å²) in [6.07, 6.45) is 3.18. The summed E-state index contributed by atoms with van der Waals surface area (Å²) in [4.78, 5) is 28.0. The molecule has 0 radical (unpaired) electrons. The molecule has 2 aromatic carbocycles. The highest BCUT2D eigenvalue weighted by atomic mass is 16.5. The van der Waals surface area contributed by atoms with Crippen LogP contribution in [0, 0.1) is 0 Å². The summed E-state index contributed by atoms with van der Waals surface area (Å²) < 4.78 is 5.45. The maximum atomic E-state index is 13.2. The first-order chi connectivity index (χ1) is 18.7. The van der Waals surface area contributed by atoms with E-state index < -0.39 is 0 Å². The second kappa shape index (κ2) is 10.8. The van der Waals surface area contributed by atoms with Crippen LogP contribution < -0.4 is 10.6 Å². The Morgan fingerprint density at radius 3 is 2.74 bits per heavy atom. The molecule has 0 atom stereocenters. The van der Waals surface area contributed by atoms with Crippen LogP contribution in [0.4, 0.5) is 11.4 Å². The number of H-pyrrole nitrogens is 2. The van der Waals surface area contributed by atoms with E-state index in [4.69, 9.17) is 9.72 Å². The van der Waals surface area contributed by atoms with E-state index in [1.165, 1.54) is 5.56 Å². The molecule has 0 unspecified atom stereocenters. The minimum Gasteiger partial charge on any atom is -0.379 e. The number of rotatable bonds is 8. The molecule has 10 nitrogen and oxygen atoms in total. The SMILES string of the molecule is O=C(Nc1cn[nH]c1-c1nc2ccc(CN3CCOCC3)cc2[nH]1)c1ncccc1NCc1ccccc1. The summed E-state index contributed by atoms with van der Waals surface area (Å²) in [5.41, 5.74) is 6.14. The van der Waals surface area contributed by atoms with Crippen LogP contribution in [0.25, 0.3) is 22.6 Å². The lowest BCUT2D eigenvalue weighted by Crippen LogP contribution is -2.35. The Labute approximate surface area is 219 Å². The molecule has 0 saturated carbocycles. The van der Waals surface area contributed by atoms with E-state index in [-0.39, 0.29) is 5.91 Å². The van der Waals surface area contributed by atoms with Gasteiger partial charge < -0.3 is 20.4 Å². The largest absolute Gasteiger partial charge is 0.379 e. The number of imidazole rings is 1. The van der Waals surface area contributed by atoms with Crippen molar-refractivity contribution >= 4 is 28.3 Å². The molecule has 0 bridgehead atoms. The first-order valence-corrected chi connectivity index (χ1v) is 12.6. The molecule has 0 aliphatic carbocycles. The lowest BCUT2D eigenvalue weighted by atomic mass is 10.2. The third-order valence-electron chi connectivity index (χ3n) is 6.53. The normalized spacial score (nSPS) is 14.0. The van der Waals surface area contributed by atoms with Gasteiger partial charge in [0.05, 0.1) is 41.8 Å². The van der Waals surface area contributed by atoms with Crippen LogP contribution in [0.5, 0.6) is 0 Å². The van der Waals surface area contributed by atoms with Crippen molar-refractivity contribution in [1.29, 1.82) is 0 Å². The number of benzene rings is 2. The van der Waals surface area contributed by atoms with E-state index in [1.807, 2.05) is 42.5 Å². The Balaban J connectivity index is 1.19. The number of carbonyl (C=O) groups is 1. The highest BCUT2D eigenvalue weighted by Gasteiger charge is 2.19. The molecule has 0 spiro atoms. The van der Waals surface area contributed by atoms with Gasteiger partial charge in [-0.1, -0.05) is 36.4 Å². The molecule has 1 amide bonds. The van der Waals surface area contributed by atoms with Gasteiger partial charge in [-0.15, -0.1) is 0 Å². The van der Waals surface area contributed by atoms with Crippen molar-refractivity contribution < 1.29 is 9.53 Å². The van der Waals surface area contributed by atoms with Crippen molar-refractivity contribution in [2.24, 2.45) is 0 Å². The molecular weight excluding hydrogens is 480 g/mol. The van der Waals surface area contributed by atoms with Gasteiger partial charge in [-0.05, 0) is 35.4 Å². The van der Waals surface area contributed by atoms with Gasteiger partial charge in [0.15, 0.2) is 11.5 Å². The number of pyridine rings is 1. The Hall–Kier alpha value is -4.54. The number of anilines is 2. The zero-order valence-corrected chi connectivity index (χ0v) is 20.8. The number of fused-ring (bicyclic) bond motifs is 1. The maximum Gasteiger partial charge on any atom is 0.276 e. The Morgan fingerprint density at radius 2 is 1.87 bits per heavy atom. The predicted molar refractivity (Wildman–Crippen MR) is 146 cm³/mol. The lowest BCUT2D eigenvalue weighted by Gasteiger charge is -2.26. The average Bonchev–Trinajstić information content (AvgIpc) is 3.59. The quantitative estimate of drug-likeness (QED) is 0.249. The molecule has 38 heavy (non-hydrogen) atoms. The lowest BCUT2D eigenvalue weighted by molar-refractivity contribution is 0.0342. The van der Waals surface area contributed by atoms with E-state index in [9.17, 15) is 4.79 Å². The number of ether oxygens (including phenoxy) is 1. The van der Waals surface area contributed by atoms with Crippen LogP contribution in [-0.2, 0) is 17.8 Å². The van der Waals surface area contributed by atoms with Crippen LogP contribution in [0.2, 0.25) is 0 Å². The Kier molecular flexibility index (Phi) is 6.79. The number of nitrogens with one attached hydrogen (secondary N) is 4. The fourth-order valence-electron chi connectivity index (χ4n) is 4.56. The molecule has 10 heteroatoms. The van der Waals surface area contributed by atoms with Crippen molar-refractivity contribution in [2.75, 3.05) is 36.9 Å². The number of morpholine rings is 1. The fraction of sp³-hybridized carbons (Fsp3) is 0.214. The molecule has 5 aromatic rings. The number of aromatic nitrogens is 5. The summed E-state index contributed by atoms with van der Waals surface area (Å²) in [6.45, 7) is 4.86. The predicted octanol–water partition coefficient (Wildman–Crippen LogP) is 4.04. The van der Waals surface area contributed by atoms with Gasteiger partial charge >= 0.3 is 0 Å². The first-order valence-electron chi connectivity index (χ1n) is 12.6. The second-order valence-corrected chi connectivity index (χ2v) is 9.18. The highest BCUT2D eigenvalue weighted by molar-refractivity contribution is 6.07. The van der Waals surface area contributed by atoms with Gasteiger partial charge in [0, 0.05) is 32.4 Å². The Morgan fingerprint density at radius 1 is 1.00 bits per heavy atom. The minimum atomic E-state index is -0.340. The van der Waals surface area contributed by atoms with E-state index in [0.29, 0.717) is 35.1 Å². The number of amides is 1. The number of hydrogen-bond acceptors (Lipinski definition) is 7. The second-order valence-electron chi connectivity index (χ2n) is 9.18. The van der Waals surface area contributed by atoms with Gasteiger partial charge in [0.25, 0.3) is 5.91 Å². The standard InChI is InChI=1S/C28H28N8O2/c37-28(26-22(7-4-10-29-26)30-16-19-5-2-1-3-6-19)34-24-17-31-35-25(24)27-32-21-9-8-20(15-23(21)33-27)18-36-11-13-38-14-12-36/h1-10,15,17,30H,11-14,16,18H2,(H,31,35)(H,32,33)(H,34,37). The monoisotopic (exact) mass is 508 g/mol. The molecule has 4 heterocycles. The molecule has 6 rings (SSSR count). The zero-order chi connectivity index (χ0) is 25.7. The van der Waals surface area contributed by atoms with Gasteiger partial charge in [-0.2, -0.15) is 5.10 Å². The van der Waals surface area contributed by atoms with E-state index in [1.54, 1.807) is 18.5 Å². The molecule has 1 saturated heterocycles. The van der Waals surface area contributed by atoms with Crippen molar-refractivity contribution in [2.45, 2.75) is 13.1 Å². The topological polar surface area (TPSA) is 124 Å². The van der Waals surface area contributed by atoms with Gasteiger partial charge in [0.1, 0.15) is 5.69 Å². The number of carbonyl (C=O) groups excluding carboxylic acids is 1. The number of nitrogens with zero attached hydrogens (tertiary/aromatic N) is 4. The van der Waals surface area contributed by atoms with Crippen LogP contribution in [0.3, 0.4) is 0 Å². The fourth-order valence-corrected chi connectivity index (χ4v) is 4.56. The summed E-state index contributed by atoms with van der Waals surface area (Å²) in [6, 6.07) is 19.9. The number of aromatic amines is 2. The van der Waals surface area contributed by atoms with Crippen molar-refractivity contribution in [3.8, 4) is 11.5 Å². The third-order valence-corrected chi connectivity index (χ3v) is 6.53. The molecule has 1 aliphatic heterocycles. The number of hydrogen-bond donors (Lipinski definition) is 4. The van der Waals surface area contributed by atoms with Gasteiger partial charge in [0.2, 0.25) is 0 Å². The summed E-state index contributed by atoms with van der Waals surface area (Å²) >= 11 is 0. The summed E-state index contributed by atoms with van der Waals surface area (Å²) in [7, 11) is 0. The van der Waals surface area contributed by atoms with E-state index in [0.717, 1.165) is 49.4 Å². The molecule has 3 aromatic heterocycles. The summed E-state index contributed by atoms with van der Waals surface area (Å²) in [5, 5.41) is 13.4. The average molecular weight is 509 g/mol. The van der Waals surface area contributed by atoms with Crippen molar-refractivity contribution in [3.63, 3.8) is 0 Å². The Bertz CT molecular complexity index is 1540. The van der Waals surface area contributed by atoms with Gasteiger partial charge in [-0.3, -0.25) is 14.8 Å². The smallest absolute Gasteiger partial charge is 0.276 e.